The summed E-state index contributed by atoms with van der Waals surface area (Å²) < 4.78 is 3.69. The molecule has 2 aromatic carbocycles. The minimum absolute atomic E-state index is 0.0817. The van der Waals surface area contributed by atoms with Crippen LogP contribution in [-0.2, 0) is 13.1 Å². The van der Waals surface area contributed by atoms with Crippen LogP contribution in [0.15, 0.2) is 60.9 Å². The molecule has 2 N–H and O–H groups in total. The summed E-state index contributed by atoms with van der Waals surface area (Å²) in [5, 5.41) is 18.1. The number of aromatic nitrogens is 5. The fourth-order valence-electron chi connectivity index (χ4n) is 3.98. The summed E-state index contributed by atoms with van der Waals surface area (Å²) in [6.07, 6.45) is 1.17. The Labute approximate surface area is 179 Å². The Bertz CT molecular complexity index is 1220. The van der Waals surface area contributed by atoms with Crippen molar-refractivity contribution in [1.29, 1.82) is 0 Å². The van der Waals surface area contributed by atoms with Crippen LogP contribution in [0, 0.1) is 0 Å². The predicted octanol–water partition coefficient (Wildman–Crippen LogP) is 1.63. The maximum atomic E-state index is 12.8. The Morgan fingerprint density at radius 3 is 2.77 bits per heavy atom. The van der Waals surface area contributed by atoms with Crippen molar-refractivity contribution in [3.05, 3.63) is 72.3 Å². The molecule has 1 aliphatic rings. The van der Waals surface area contributed by atoms with Gasteiger partial charge in [-0.3, -0.25) is 4.79 Å². The minimum atomic E-state index is -0.923. The van der Waals surface area contributed by atoms with Gasteiger partial charge in [0.1, 0.15) is 12.6 Å². The molecule has 1 aliphatic heterocycles. The van der Waals surface area contributed by atoms with E-state index in [1.54, 1.807) is 23.0 Å². The van der Waals surface area contributed by atoms with Crippen LogP contribution in [0.3, 0.4) is 0 Å². The summed E-state index contributed by atoms with van der Waals surface area (Å²) in [6.45, 7) is 1.15. The number of benzene rings is 2. The Morgan fingerprint density at radius 1 is 1.16 bits per heavy atom. The maximum absolute atomic E-state index is 12.8. The second-order valence-corrected chi connectivity index (χ2v) is 7.70. The number of likely N-dealkylation sites (N-methyl/N-ethyl adjacent to an activating group) is 1. The molecule has 0 fully saturated rings. The number of aliphatic hydroxyl groups excluding tert-OH is 1. The Kier molecular flexibility index (Phi) is 4.87. The molecule has 2 aromatic heterocycles. The van der Waals surface area contributed by atoms with Crippen molar-refractivity contribution < 1.29 is 9.90 Å². The summed E-state index contributed by atoms with van der Waals surface area (Å²) in [6, 6.07) is 17.2. The van der Waals surface area contributed by atoms with Crippen molar-refractivity contribution in [2.24, 2.45) is 0 Å². The standard InChI is InChI=1S/C22H23N7O2/c1-27-21(31)17(11-12-29-18-10-6-5-9-16(18)25-22(27)29)24-20(30)19-23-14-28(26-19)13-15-7-3-2-4-8-15/h2-10,14,17,21,31H,11-13H2,1H3,(H,24,30). The molecule has 0 bridgehead atoms. The van der Waals surface area contributed by atoms with Crippen LogP contribution in [0.25, 0.3) is 11.0 Å². The highest BCUT2D eigenvalue weighted by Gasteiger charge is 2.32. The topological polar surface area (TPSA) is 101 Å². The second kappa shape index (κ2) is 7.84. The van der Waals surface area contributed by atoms with E-state index in [1.807, 2.05) is 54.6 Å². The lowest BCUT2D eigenvalue weighted by atomic mass is 10.1. The summed E-state index contributed by atoms with van der Waals surface area (Å²) >= 11 is 0. The van der Waals surface area contributed by atoms with Gasteiger partial charge in [-0.05, 0) is 24.1 Å². The number of aryl methyl sites for hydroxylation is 1. The molecule has 2 unspecified atom stereocenters. The van der Waals surface area contributed by atoms with Crippen LogP contribution in [0.2, 0.25) is 0 Å². The van der Waals surface area contributed by atoms with Crippen LogP contribution < -0.4 is 10.2 Å². The zero-order valence-electron chi connectivity index (χ0n) is 17.1. The molecule has 0 spiro atoms. The summed E-state index contributed by atoms with van der Waals surface area (Å²) in [5.74, 6) is 0.350. The molecule has 0 radical (unpaired) electrons. The molecule has 4 aromatic rings. The van der Waals surface area contributed by atoms with Crippen LogP contribution in [-0.4, -0.2) is 54.6 Å². The van der Waals surface area contributed by atoms with Crippen molar-refractivity contribution in [2.75, 3.05) is 11.9 Å². The van der Waals surface area contributed by atoms with E-state index in [9.17, 15) is 9.90 Å². The van der Waals surface area contributed by atoms with Crippen molar-refractivity contribution in [3.8, 4) is 0 Å². The van der Waals surface area contributed by atoms with Crippen molar-refractivity contribution in [3.63, 3.8) is 0 Å². The van der Waals surface area contributed by atoms with Gasteiger partial charge < -0.3 is 19.9 Å². The lowest BCUT2D eigenvalue weighted by Crippen LogP contribution is -2.50. The van der Waals surface area contributed by atoms with E-state index in [1.165, 1.54) is 0 Å². The van der Waals surface area contributed by atoms with Crippen LogP contribution in [0.4, 0.5) is 5.95 Å². The molecule has 5 rings (SSSR count). The van der Waals surface area contributed by atoms with Crippen LogP contribution >= 0.6 is 0 Å². The zero-order chi connectivity index (χ0) is 21.4. The molecule has 0 aliphatic carbocycles. The smallest absolute Gasteiger partial charge is 0.291 e. The van der Waals surface area contributed by atoms with Gasteiger partial charge >= 0.3 is 0 Å². The van der Waals surface area contributed by atoms with Gasteiger partial charge in [-0.1, -0.05) is 42.5 Å². The number of amides is 1. The van der Waals surface area contributed by atoms with Gasteiger partial charge in [-0.15, -0.1) is 5.10 Å². The second-order valence-electron chi connectivity index (χ2n) is 7.70. The third-order valence-corrected chi connectivity index (χ3v) is 5.61. The van der Waals surface area contributed by atoms with Gasteiger partial charge in [0.05, 0.1) is 23.6 Å². The fourth-order valence-corrected chi connectivity index (χ4v) is 3.98. The van der Waals surface area contributed by atoms with E-state index >= 15 is 0 Å². The van der Waals surface area contributed by atoms with Gasteiger partial charge in [0.15, 0.2) is 0 Å². The molecule has 0 saturated carbocycles. The summed E-state index contributed by atoms with van der Waals surface area (Å²) in [4.78, 5) is 23.2. The quantitative estimate of drug-likeness (QED) is 0.524. The summed E-state index contributed by atoms with van der Waals surface area (Å²) in [5.41, 5.74) is 2.96. The number of hydrogen-bond donors (Lipinski definition) is 2. The first-order valence-corrected chi connectivity index (χ1v) is 10.2. The number of imidazole rings is 1. The predicted molar refractivity (Wildman–Crippen MR) is 116 cm³/mol. The van der Waals surface area contributed by atoms with Gasteiger partial charge in [0.25, 0.3) is 5.91 Å². The first-order valence-electron chi connectivity index (χ1n) is 10.2. The van der Waals surface area contributed by atoms with Crippen molar-refractivity contribution in [1.82, 2.24) is 29.6 Å². The van der Waals surface area contributed by atoms with E-state index in [0.29, 0.717) is 25.5 Å². The molecular weight excluding hydrogens is 394 g/mol. The van der Waals surface area contributed by atoms with E-state index in [4.69, 9.17) is 0 Å². The average molecular weight is 417 g/mol. The Morgan fingerprint density at radius 2 is 1.94 bits per heavy atom. The SMILES string of the molecule is CN1c2nc3ccccc3n2CCC(NC(=O)c2ncn(Cc3ccccc3)n2)C1O. The summed E-state index contributed by atoms with van der Waals surface area (Å²) in [7, 11) is 1.78. The highest BCUT2D eigenvalue weighted by Crippen LogP contribution is 2.27. The highest BCUT2D eigenvalue weighted by molar-refractivity contribution is 5.90. The molecule has 0 saturated heterocycles. The third kappa shape index (κ3) is 3.64. The number of carbonyl (C=O) groups is 1. The molecule has 158 valence electrons. The number of fused-ring (bicyclic) bond motifs is 3. The number of hydrogen-bond acceptors (Lipinski definition) is 6. The highest BCUT2D eigenvalue weighted by atomic mass is 16.3. The van der Waals surface area contributed by atoms with Crippen molar-refractivity contribution >= 4 is 22.9 Å². The molecule has 3 heterocycles. The Hall–Kier alpha value is -3.72. The largest absolute Gasteiger partial charge is 0.371 e. The van der Waals surface area contributed by atoms with Gasteiger partial charge in [-0.25, -0.2) is 14.6 Å². The first-order chi connectivity index (χ1) is 15.1. The Balaban J connectivity index is 1.30. The first kappa shape index (κ1) is 19.3. The van der Waals surface area contributed by atoms with E-state index < -0.39 is 18.2 Å². The normalized spacial score (nSPS) is 18.6. The fraction of sp³-hybridized carbons (Fsp3) is 0.273. The van der Waals surface area contributed by atoms with Crippen LogP contribution in [0.1, 0.15) is 22.6 Å². The van der Waals surface area contributed by atoms with E-state index in [-0.39, 0.29) is 5.82 Å². The number of para-hydroxylation sites is 2. The number of anilines is 1. The number of nitrogens with zero attached hydrogens (tertiary/aromatic N) is 6. The number of carbonyl (C=O) groups excluding carboxylic acids is 1. The molecular formula is C22H23N7O2. The minimum Gasteiger partial charge on any atom is -0.371 e. The number of nitrogens with one attached hydrogen (secondary N) is 1. The average Bonchev–Trinajstić information content (AvgIpc) is 3.38. The van der Waals surface area contributed by atoms with E-state index in [0.717, 1.165) is 16.6 Å². The molecule has 9 heteroatoms. The molecule has 2 atom stereocenters. The maximum Gasteiger partial charge on any atom is 0.291 e. The number of aliphatic hydroxyl groups is 1. The zero-order valence-corrected chi connectivity index (χ0v) is 17.1. The van der Waals surface area contributed by atoms with Crippen molar-refractivity contribution in [2.45, 2.75) is 31.8 Å². The molecule has 9 nitrogen and oxygen atoms in total. The van der Waals surface area contributed by atoms with E-state index in [2.05, 4.69) is 25.0 Å². The lowest BCUT2D eigenvalue weighted by Gasteiger charge is -2.28. The molecule has 31 heavy (non-hydrogen) atoms. The number of rotatable bonds is 4. The van der Waals surface area contributed by atoms with Gasteiger partial charge in [0, 0.05) is 13.6 Å². The monoisotopic (exact) mass is 417 g/mol. The van der Waals surface area contributed by atoms with Crippen LogP contribution in [0.5, 0.6) is 0 Å². The van der Waals surface area contributed by atoms with Gasteiger partial charge in [-0.2, -0.15) is 0 Å². The molecule has 1 amide bonds. The third-order valence-electron chi connectivity index (χ3n) is 5.61. The lowest BCUT2D eigenvalue weighted by molar-refractivity contribution is 0.0818. The van der Waals surface area contributed by atoms with Gasteiger partial charge in [0.2, 0.25) is 11.8 Å².